The average Bonchev–Trinajstić information content (AvgIpc) is 2.14. The van der Waals surface area contributed by atoms with Crippen LogP contribution in [0.25, 0.3) is 0 Å². The van der Waals surface area contributed by atoms with Crippen molar-refractivity contribution < 1.29 is 4.74 Å². The third-order valence-electron chi connectivity index (χ3n) is 1.74. The summed E-state index contributed by atoms with van der Waals surface area (Å²) in [6, 6.07) is 8.03. The first-order valence-corrected chi connectivity index (χ1v) is 4.50. The quantitative estimate of drug-likeness (QED) is 0.398. The van der Waals surface area contributed by atoms with Gasteiger partial charge in [0.1, 0.15) is 0 Å². The van der Waals surface area contributed by atoms with Gasteiger partial charge < -0.3 is 4.74 Å². The highest BCUT2D eigenvalue weighted by Crippen LogP contribution is 2.08. The molecule has 0 fully saturated rings. The first-order chi connectivity index (χ1) is 6.63. The Kier molecular flexibility index (Phi) is 3.46. The largest absolute Gasteiger partial charge is 0.444 e. The van der Waals surface area contributed by atoms with Crippen LogP contribution in [-0.4, -0.2) is 12.9 Å². The van der Waals surface area contributed by atoms with Gasteiger partial charge in [-0.1, -0.05) is 24.3 Å². The molecule has 2 nitrogen and oxygen atoms in total. The monoisotopic (exact) mass is 189 g/mol. The van der Waals surface area contributed by atoms with E-state index in [0.29, 0.717) is 11.7 Å². The van der Waals surface area contributed by atoms with Crippen molar-refractivity contribution in [2.75, 3.05) is 7.05 Å². The van der Waals surface area contributed by atoms with Crippen LogP contribution in [0.1, 0.15) is 18.1 Å². The molecule has 0 aliphatic carbocycles. The maximum absolute atomic E-state index is 5.40. The summed E-state index contributed by atoms with van der Waals surface area (Å²) in [6.07, 6.45) is 0. The van der Waals surface area contributed by atoms with Crippen molar-refractivity contribution >= 4 is 5.90 Å². The number of rotatable bonds is 2. The second-order valence-corrected chi connectivity index (χ2v) is 3.20. The van der Waals surface area contributed by atoms with Gasteiger partial charge in [-0.15, -0.1) is 0 Å². The summed E-state index contributed by atoms with van der Waals surface area (Å²) in [5.74, 6) is 1.26. The molecule has 0 saturated heterocycles. The highest BCUT2D eigenvalue weighted by Gasteiger charge is 2.03. The fourth-order valence-corrected chi connectivity index (χ4v) is 1.18. The van der Waals surface area contributed by atoms with E-state index in [0.717, 1.165) is 5.56 Å². The van der Waals surface area contributed by atoms with Gasteiger partial charge in [0, 0.05) is 12.6 Å². The van der Waals surface area contributed by atoms with Crippen molar-refractivity contribution in [1.82, 2.24) is 0 Å². The maximum atomic E-state index is 5.40. The molecule has 2 heteroatoms. The molecule has 0 heterocycles. The zero-order chi connectivity index (χ0) is 10.6. The Balaban J connectivity index is 2.96. The van der Waals surface area contributed by atoms with Gasteiger partial charge in [0.15, 0.2) is 0 Å². The number of hydrogen-bond acceptors (Lipinski definition) is 2. The second-order valence-electron chi connectivity index (χ2n) is 3.20. The molecule has 0 radical (unpaired) electrons. The van der Waals surface area contributed by atoms with E-state index in [1.54, 1.807) is 14.0 Å². The van der Waals surface area contributed by atoms with E-state index >= 15 is 0 Å². The number of nitrogens with zero attached hydrogens (tertiary/aromatic N) is 1. The Morgan fingerprint density at radius 3 is 2.64 bits per heavy atom. The molecule has 0 aromatic heterocycles. The van der Waals surface area contributed by atoms with Gasteiger partial charge in [0.2, 0.25) is 5.90 Å². The lowest BCUT2D eigenvalue weighted by Crippen LogP contribution is -2.05. The highest BCUT2D eigenvalue weighted by atomic mass is 16.5. The molecule has 0 bridgehead atoms. The fraction of sp³-hybridized carbons (Fsp3) is 0.250. The number of aliphatic imine (C=N–C) groups is 1. The van der Waals surface area contributed by atoms with Gasteiger partial charge in [-0.3, -0.25) is 4.99 Å². The smallest absolute Gasteiger partial charge is 0.221 e. The van der Waals surface area contributed by atoms with Gasteiger partial charge in [-0.25, -0.2) is 0 Å². The molecule has 0 unspecified atom stereocenters. The molecule has 0 N–H and O–H groups in total. The molecule has 1 rings (SSSR count). The summed E-state index contributed by atoms with van der Waals surface area (Å²) in [7, 11) is 1.71. The minimum absolute atomic E-state index is 0.612. The Labute approximate surface area is 84.9 Å². The Hall–Kier alpha value is -1.57. The predicted octanol–water partition coefficient (Wildman–Crippen LogP) is 2.92. The third kappa shape index (κ3) is 2.73. The zero-order valence-electron chi connectivity index (χ0n) is 8.87. The number of benzene rings is 1. The van der Waals surface area contributed by atoms with Gasteiger partial charge >= 0.3 is 0 Å². The lowest BCUT2D eigenvalue weighted by atomic mass is 10.1. The first-order valence-electron chi connectivity index (χ1n) is 4.50. The first kappa shape index (κ1) is 10.5. The molecular formula is C12H15NO. The summed E-state index contributed by atoms with van der Waals surface area (Å²) < 4.78 is 5.40. The zero-order valence-corrected chi connectivity index (χ0v) is 8.87. The number of hydrogen-bond donors (Lipinski definition) is 0. The summed E-state index contributed by atoms with van der Waals surface area (Å²) >= 11 is 0. The molecule has 0 atom stereocenters. The Bertz CT molecular complexity index is 366. The van der Waals surface area contributed by atoms with E-state index in [1.807, 2.05) is 31.2 Å². The van der Waals surface area contributed by atoms with Crippen LogP contribution in [0.5, 0.6) is 0 Å². The van der Waals surface area contributed by atoms with E-state index in [-0.39, 0.29) is 0 Å². The minimum atomic E-state index is 0.612. The highest BCUT2D eigenvalue weighted by molar-refractivity contribution is 5.94. The molecule has 0 spiro atoms. The van der Waals surface area contributed by atoms with Crippen LogP contribution in [0.4, 0.5) is 0 Å². The molecule has 0 amide bonds. The Morgan fingerprint density at radius 1 is 1.43 bits per heavy atom. The standard InChI is InChI=1S/C12H15NO/c1-9(2)14-12(13-4)11-7-5-6-10(3)8-11/h5-8H,1H2,2-4H3. The van der Waals surface area contributed by atoms with Crippen LogP contribution in [0.2, 0.25) is 0 Å². The van der Waals surface area contributed by atoms with E-state index in [9.17, 15) is 0 Å². The van der Waals surface area contributed by atoms with E-state index < -0.39 is 0 Å². The average molecular weight is 189 g/mol. The van der Waals surface area contributed by atoms with Crippen LogP contribution >= 0.6 is 0 Å². The minimum Gasteiger partial charge on any atom is -0.444 e. The summed E-state index contributed by atoms with van der Waals surface area (Å²) in [5.41, 5.74) is 2.17. The SMILES string of the molecule is C=C(C)OC(=NC)c1cccc(C)c1. The summed E-state index contributed by atoms with van der Waals surface area (Å²) in [6.45, 7) is 7.53. The molecule has 0 aliphatic rings. The number of ether oxygens (including phenoxy) is 1. The van der Waals surface area contributed by atoms with Gasteiger partial charge in [0.05, 0.1) is 5.76 Å². The van der Waals surface area contributed by atoms with Crippen LogP contribution < -0.4 is 0 Å². The predicted molar refractivity (Wildman–Crippen MR) is 59.5 cm³/mol. The molecule has 14 heavy (non-hydrogen) atoms. The van der Waals surface area contributed by atoms with Gasteiger partial charge in [-0.05, 0) is 26.0 Å². The van der Waals surface area contributed by atoms with Crippen LogP contribution in [0.3, 0.4) is 0 Å². The van der Waals surface area contributed by atoms with E-state index in [2.05, 4.69) is 11.6 Å². The van der Waals surface area contributed by atoms with Crippen LogP contribution in [-0.2, 0) is 4.74 Å². The van der Waals surface area contributed by atoms with Crippen molar-refractivity contribution in [3.63, 3.8) is 0 Å². The van der Waals surface area contributed by atoms with Crippen molar-refractivity contribution in [2.24, 2.45) is 4.99 Å². The molecule has 0 aliphatic heterocycles. The molecule has 1 aromatic rings. The second kappa shape index (κ2) is 4.61. The summed E-state index contributed by atoms with van der Waals surface area (Å²) in [5, 5.41) is 0. The van der Waals surface area contributed by atoms with Crippen molar-refractivity contribution in [3.05, 3.63) is 47.7 Å². The summed E-state index contributed by atoms with van der Waals surface area (Å²) in [4.78, 5) is 4.07. The normalized spacial score (nSPS) is 11.2. The van der Waals surface area contributed by atoms with Crippen molar-refractivity contribution in [2.45, 2.75) is 13.8 Å². The van der Waals surface area contributed by atoms with E-state index in [1.165, 1.54) is 5.56 Å². The van der Waals surface area contributed by atoms with E-state index in [4.69, 9.17) is 4.74 Å². The van der Waals surface area contributed by atoms with Crippen molar-refractivity contribution in [3.8, 4) is 0 Å². The Morgan fingerprint density at radius 2 is 2.14 bits per heavy atom. The molecule has 1 aromatic carbocycles. The van der Waals surface area contributed by atoms with Crippen molar-refractivity contribution in [1.29, 1.82) is 0 Å². The third-order valence-corrected chi connectivity index (χ3v) is 1.74. The topological polar surface area (TPSA) is 21.6 Å². The molecule has 0 saturated carbocycles. The molecule has 74 valence electrons. The van der Waals surface area contributed by atoms with Gasteiger partial charge in [0.25, 0.3) is 0 Å². The van der Waals surface area contributed by atoms with Gasteiger partial charge in [-0.2, -0.15) is 0 Å². The van der Waals surface area contributed by atoms with Crippen LogP contribution in [0.15, 0.2) is 41.6 Å². The maximum Gasteiger partial charge on any atom is 0.221 e. The lowest BCUT2D eigenvalue weighted by Gasteiger charge is -2.07. The van der Waals surface area contributed by atoms with Crippen LogP contribution in [0, 0.1) is 6.92 Å². The fourth-order valence-electron chi connectivity index (χ4n) is 1.18. The lowest BCUT2D eigenvalue weighted by molar-refractivity contribution is 0.420. The number of allylic oxidation sites excluding steroid dienone is 1. The number of aryl methyl sites for hydroxylation is 1. The molecular weight excluding hydrogens is 174 g/mol.